The Kier molecular flexibility index (Phi) is 4.66. The molecule has 5 nitrogen and oxygen atoms in total. The smallest absolute Gasteiger partial charge is 0.234 e. The predicted octanol–water partition coefficient (Wildman–Crippen LogP) is 1.74. The minimum absolute atomic E-state index is 0.159. The highest BCUT2D eigenvalue weighted by molar-refractivity contribution is 6.01. The van der Waals surface area contributed by atoms with E-state index in [9.17, 15) is 9.59 Å². The van der Waals surface area contributed by atoms with Crippen molar-refractivity contribution in [2.75, 3.05) is 32.1 Å². The molecule has 124 valence electrons. The Morgan fingerprint density at radius 2 is 1.87 bits per heavy atom. The number of carbonyl (C=O) groups excluding carboxylic acids is 2. The van der Waals surface area contributed by atoms with E-state index in [-0.39, 0.29) is 17.7 Å². The van der Waals surface area contributed by atoms with E-state index in [0.717, 1.165) is 31.5 Å². The lowest BCUT2D eigenvalue weighted by atomic mass is 9.90. The summed E-state index contributed by atoms with van der Waals surface area (Å²) >= 11 is 0. The van der Waals surface area contributed by atoms with Crippen LogP contribution in [0.5, 0.6) is 0 Å². The number of imide groups is 1. The molecule has 0 aromatic heterocycles. The molecule has 2 fully saturated rings. The van der Waals surface area contributed by atoms with Gasteiger partial charge in [-0.1, -0.05) is 12.1 Å². The molecule has 2 heterocycles. The van der Waals surface area contributed by atoms with Crippen molar-refractivity contribution in [1.82, 2.24) is 10.2 Å². The van der Waals surface area contributed by atoms with Gasteiger partial charge in [0.1, 0.15) is 0 Å². The molecule has 2 amide bonds. The Labute approximate surface area is 137 Å². The van der Waals surface area contributed by atoms with Crippen molar-refractivity contribution >= 4 is 17.5 Å². The average Bonchev–Trinajstić information content (AvgIpc) is 2.55. The first-order chi connectivity index (χ1) is 11.0. The second kappa shape index (κ2) is 6.71. The second-order valence-corrected chi connectivity index (χ2v) is 6.78. The third-order valence-corrected chi connectivity index (χ3v) is 5.07. The van der Waals surface area contributed by atoms with Gasteiger partial charge in [0.15, 0.2) is 0 Å². The fourth-order valence-corrected chi connectivity index (χ4v) is 3.59. The number of rotatable bonds is 3. The maximum absolute atomic E-state index is 12.1. The quantitative estimate of drug-likeness (QED) is 0.863. The van der Waals surface area contributed by atoms with Gasteiger partial charge in [0.25, 0.3) is 0 Å². The highest BCUT2D eigenvalue weighted by Gasteiger charge is 2.28. The first-order valence-corrected chi connectivity index (χ1v) is 8.39. The standard InChI is InChI=1S/C18H25N3O2/c1-20(2)14-8-10-21(11-9-14)15-5-3-4-13(12-15)16-6-7-17(22)19-18(16)23/h3-5,12,14,16H,6-11H2,1-2H3,(H,19,22,23). The molecule has 2 aliphatic heterocycles. The number of anilines is 1. The van der Waals surface area contributed by atoms with Crippen LogP contribution in [0.2, 0.25) is 0 Å². The fourth-order valence-electron chi connectivity index (χ4n) is 3.59. The van der Waals surface area contributed by atoms with E-state index in [4.69, 9.17) is 0 Å². The number of amides is 2. The summed E-state index contributed by atoms with van der Waals surface area (Å²) in [5, 5.41) is 2.45. The van der Waals surface area contributed by atoms with E-state index in [1.165, 1.54) is 5.69 Å². The van der Waals surface area contributed by atoms with Gasteiger partial charge in [-0.15, -0.1) is 0 Å². The zero-order valence-corrected chi connectivity index (χ0v) is 13.9. The van der Waals surface area contributed by atoms with Crippen LogP contribution in [-0.2, 0) is 9.59 Å². The van der Waals surface area contributed by atoms with Crippen molar-refractivity contribution in [1.29, 1.82) is 0 Å². The van der Waals surface area contributed by atoms with Crippen molar-refractivity contribution in [3.8, 4) is 0 Å². The maximum Gasteiger partial charge on any atom is 0.234 e. The van der Waals surface area contributed by atoms with Crippen LogP contribution < -0.4 is 10.2 Å². The molecule has 0 aliphatic carbocycles. The monoisotopic (exact) mass is 315 g/mol. The van der Waals surface area contributed by atoms with E-state index in [1.54, 1.807) is 0 Å². The van der Waals surface area contributed by atoms with Crippen LogP contribution in [0.25, 0.3) is 0 Å². The van der Waals surface area contributed by atoms with Crippen LogP contribution in [0, 0.1) is 0 Å². The van der Waals surface area contributed by atoms with Gasteiger partial charge in [-0.3, -0.25) is 14.9 Å². The second-order valence-electron chi connectivity index (χ2n) is 6.78. The van der Waals surface area contributed by atoms with E-state index >= 15 is 0 Å². The minimum atomic E-state index is -0.202. The molecule has 1 aromatic rings. The molecule has 1 unspecified atom stereocenters. The SMILES string of the molecule is CN(C)C1CCN(c2cccc(C3CCC(=O)NC3=O)c2)CC1. The van der Waals surface area contributed by atoms with Gasteiger partial charge >= 0.3 is 0 Å². The summed E-state index contributed by atoms with van der Waals surface area (Å²) in [6.45, 7) is 2.09. The summed E-state index contributed by atoms with van der Waals surface area (Å²) in [6.07, 6.45) is 3.36. The van der Waals surface area contributed by atoms with Gasteiger partial charge in [0, 0.05) is 31.2 Å². The van der Waals surface area contributed by atoms with Crippen LogP contribution in [0.1, 0.15) is 37.2 Å². The summed E-state index contributed by atoms with van der Waals surface area (Å²) in [6, 6.07) is 8.91. The Hall–Kier alpha value is -1.88. The topological polar surface area (TPSA) is 52.6 Å². The Balaban J connectivity index is 1.71. The third-order valence-electron chi connectivity index (χ3n) is 5.07. The largest absolute Gasteiger partial charge is 0.371 e. The lowest BCUT2D eigenvalue weighted by Crippen LogP contribution is -2.42. The zero-order chi connectivity index (χ0) is 16.4. The summed E-state index contributed by atoms with van der Waals surface area (Å²) in [7, 11) is 4.29. The Bertz CT molecular complexity index is 592. The van der Waals surface area contributed by atoms with E-state index < -0.39 is 0 Å². The van der Waals surface area contributed by atoms with Crippen LogP contribution in [-0.4, -0.2) is 49.9 Å². The van der Waals surface area contributed by atoms with E-state index in [1.807, 2.05) is 12.1 Å². The Morgan fingerprint density at radius 3 is 2.52 bits per heavy atom. The third kappa shape index (κ3) is 3.55. The molecule has 2 aliphatic rings. The summed E-state index contributed by atoms with van der Waals surface area (Å²) in [5.41, 5.74) is 2.20. The molecule has 1 aromatic carbocycles. The van der Waals surface area contributed by atoms with Crippen molar-refractivity contribution in [3.05, 3.63) is 29.8 Å². The molecular weight excluding hydrogens is 290 g/mol. The molecular formula is C18H25N3O2. The summed E-state index contributed by atoms with van der Waals surface area (Å²) in [5.74, 6) is -0.523. The molecule has 3 rings (SSSR count). The van der Waals surface area contributed by atoms with Gasteiger partial charge in [0.05, 0.1) is 5.92 Å². The molecule has 0 spiro atoms. The molecule has 0 bridgehead atoms. The van der Waals surface area contributed by atoms with Crippen molar-refractivity contribution in [2.45, 2.75) is 37.6 Å². The number of benzene rings is 1. The minimum Gasteiger partial charge on any atom is -0.371 e. The lowest BCUT2D eigenvalue weighted by Gasteiger charge is -2.36. The number of nitrogens with zero attached hydrogens (tertiary/aromatic N) is 2. The van der Waals surface area contributed by atoms with Crippen molar-refractivity contribution < 1.29 is 9.59 Å². The lowest BCUT2D eigenvalue weighted by molar-refractivity contribution is -0.134. The average molecular weight is 315 g/mol. The zero-order valence-electron chi connectivity index (χ0n) is 13.9. The Morgan fingerprint density at radius 1 is 1.13 bits per heavy atom. The number of hydrogen-bond acceptors (Lipinski definition) is 4. The van der Waals surface area contributed by atoms with Gasteiger partial charge in [-0.05, 0) is 51.1 Å². The predicted molar refractivity (Wildman–Crippen MR) is 90.5 cm³/mol. The van der Waals surface area contributed by atoms with Crippen LogP contribution in [0.3, 0.4) is 0 Å². The van der Waals surface area contributed by atoms with Crippen molar-refractivity contribution in [2.24, 2.45) is 0 Å². The normalized spacial score (nSPS) is 23.3. The van der Waals surface area contributed by atoms with Gasteiger partial charge < -0.3 is 9.80 Å². The van der Waals surface area contributed by atoms with Crippen LogP contribution in [0.15, 0.2) is 24.3 Å². The number of hydrogen-bond donors (Lipinski definition) is 1. The highest BCUT2D eigenvalue weighted by atomic mass is 16.2. The molecule has 2 saturated heterocycles. The molecule has 0 saturated carbocycles. The number of nitrogens with one attached hydrogen (secondary N) is 1. The van der Waals surface area contributed by atoms with E-state index in [0.29, 0.717) is 18.9 Å². The van der Waals surface area contributed by atoms with Gasteiger partial charge in [-0.2, -0.15) is 0 Å². The van der Waals surface area contributed by atoms with Gasteiger partial charge in [-0.25, -0.2) is 0 Å². The molecule has 1 N–H and O–H groups in total. The number of carbonyl (C=O) groups is 2. The first kappa shape index (κ1) is 16.0. The summed E-state index contributed by atoms with van der Waals surface area (Å²) < 4.78 is 0. The van der Waals surface area contributed by atoms with Gasteiger partial charge in [0.2, 0.25) is 11.8 Å². The van der Waals surface area contributed by atoms with Crippen LogP contribution in [0.4, 0.5) is 5.69 Å². The summed E-state index contributed by atoms with van der Waals surface area (Å²) in [4.78, 5) is 28.1. The molecule has 5 heteroatoms. The fraction of sp³-hybridized carbons (Fsp3) is 0.556. The van der Waals surface area contributed by atoms with Crippen molar-refractivity contribution in [3.63, 3.8) is 0 Å². The number of piperidine rings is 2. The van der Waals surface area contributed by atoms with E-state index in [2.05, 4.69) is 41.3 Å². The highest BCUT2D eigenvalue weighted by Crippen LogP contribution is 2.29. The first-order valence-electron chi connectivity index (χ1n) is 8.39. The molecule has 0 radical (unpaired) electrons. The molecule has 23 heavy (non-hydrogen) atoms. The molecule has 1 atom stereocenters. The maximum atomic E-state index is 12.1. The van der Waals surface area contributed by atoms with Crippen LogP contribution >= 0.6 is 0 Å².